The summed E-state index contributed by atoms with van der Waals surface area (Å²) in [6.07, 6.45) is 4.09. The van der Waals surface area contributed by atoms with Gasteiger partial charge in [-0.2, -0.15) is 0 Å². The van der Waals surface area contributed by atoms with Gasteiger partial charge < -0.3 is 19.2 Å². The van der Waals surface area contributed by atoms with Gasteiger partial charge in [0, 0.05) is 30.9 Å². The highest BCUT2D eigenvalue weighted by molar-refractivity contribution is 5.12. The summed E-state index contributed by atoms with van der Waals surface area (Å²) in [4.78, 5) is 0. The molecule has 1 aliphatic rings. The molecule has 0 aliphatic carbocycles. The molecule has 1 N–H and O–H groups in total. The third-order valence-electron chi connectivity index (χ3n) is 3.16. The van der Waals surface area contributed by atoms with Gasteiger partial charge in [0.15, 0.2) is 0 Å². The van der Waals surface area contributed by atoms with Crippen LogP contribution in [0, 0.1) is 0 Å². The summed E-state index contributed by atoms with van der Waals surface area (Å²) in [6, 6.07) is 2.07. The van der Waals surface area contributed by atoms with E-state index < -0.39 is 0 Å². The van der Waals surface area contributed by atoms with Crippen molar-refractivity contribution in [2.75, 3.05) is 13.2 Å². The van der Waals surface area contributed by atoms with Crippen LogP contribution >= 0.6 is 0 Å². The van der Waals surface area contributed by atoms with Crippen LogP contribution in [0.5, 0.6) is 0 Å². The Labute approximate surface area is 115 Å². The lowest BCUT2D eigenvalue weighted by Gasteiger charge is -2.21. The molecule has 1 aliphatic heterocycles. The lowest BCUT2D eigenvalue weighted by Crippen LogP contribution is -2.34. The highest BCUT2D eigenvalue weighted by Crippen LogP contribution is 2.15. The molecule has 0 spiro atoms. The van der Waals surface area contributed by atoms with Crippen molar-refractivity contribution in [3.63, 3.8) is 0 Å². The Morgan fingerprint density at radius 1 is 1.32 bits per heavy atom. The number of rotatable bonds is 5. The molecule has 0 amide bonds. The highest BCUT2D eigenvalue weighted by atomic mass is 16.5. The van der Waals surface area contributed by atoms with Crippen molar-refractivity contribution in [2.24, 2.45) is 0 Å². The van der Waals surface area contributed by atoms with Crippen molar-refractivity contribution >= 4 is 0 Å². The molecule has 0 atom stereocenters. The molecule has 1 saturated heterocycles. The van der Waals surface area contributed by atoms with Crippen molar-refractivity contribution < 1.29 is 13.9 Å². The van der Waals surface area contributed by atoms with Crippen LogP contribution in [-0.4, -0.2) is 24.9 Å². The summed E-state index contributed by atoms with van der Waals surface area (Å²) in [7, 11) is 0. The average Bonchev–Trinajstić information content (AvgIpc) is 2.82. The minimum atomic E-state index is 0.121. The Morgan fingerprint density at radius 2 is 2.05 bits per heavy atom. The van der Waals surface area contributed by atoms with E-state index in [1.165, 1.54) is 5.56 Å². The minimum Gasteiger partial charge on any atom is -0.467 e. The Morgan fingerprint density at radius 3 is 2.74 bits per heavy atom. The zero-order valence-electron chi connectivity index (χ0n) is 12.2. The molecule has 0 radical (unpaired) electrons. The SMILES string of the molecule is CC(C)(C)NCc1coc(COC2CCOCC2)c1. The van der Waals surface area contributed by atoms with Gasteiger partial charge in [-0.15, -0.1) is 0 Å². The molecule has 2 heterocycles. The van der Waals surface area contributed by atoms with Gasteiger partial charge >= 0.3 is 0 Å². The summed E-state index contributed by atoms with van der Waals surface area (Å²) < 4.78 is 16.7. The highest BCUT2D eigenvalue weighted by Gasteiger charge is 2.15. The van der Waals surface area contributed by atoms with E-state index in [2.05, 4.69) is 32.2 Å². The molecular weight excluding hydrogens is 242 g/mol. The van der Waals surface area contributed by atoms with Gasteiger partial charge in [0.2, 0.25) is 0 Å². The number of hydrogen-bond donors (Lipinski definition) is 1. The smallest absolute Gasteiger partial charge is 0.129 e. The molecule has 4 heteroatoms. The van der Waals surface area contributed by atoms with Gasteiger partial charge in [0.1, 0.15) is 12.4 Å². The van der Waals surface area contributed by atoms with E-state index in [0.717, 1.165) is 38.4 Å². The van der Waals surface area contributed by atoms with Crippen LogP contribution in [0.15, 0.2) is 16.7 Å². The van der Waals surface area contributed by atoms with Crippen molar-refractivity contribution in [3.05, 3.63) is 23.7 Å². The zero-order chi connectivity index (χ0) is 13.7. The van der Waals surface area contributed by atoms with E-state index in [-0.39, 0.29) is 5.54 Å². The fraction of sp³-hybridized carbons (Fsp3) is 0.733. The fourth-order valence-corrected chi connectivity index (χ4v) is 2.00. The topological polar surface area (TPSA) is 43.6 Å². The molecular formula is C15H25NO3. The first kappa shape index (κ1) is 14.6. The largest absolute Gasteiger partial charge is 0.467 e. The molecule has 4 nitrogen and oxygen atoms in total. The lowest BCUT2D eigenvalue weighted by atomic mass is 10.1. The van der Waals surface area contributed by atoms with Crippen LogP contribution in [-0.2, 0) is 22.6 Å². The molecule has 0 unspecified atom stereocenters. The fourth-order valence-electron chi connectivity index (χ4n) is 2.00. The molecule has 1 aromatic heterocycles. The maximum absolute atomic E-state index is 5.83. The maximum atomic E-state index is 5.83. The normalized spacial score (nSPS) is 17.8. The number of furan rings is 1. The van der Waals surface area contributed by atoms with Crippen molar-refractivity contribution in [2.45, 2.75) is 58.4 Å². The van der Waals surface area contributed by atoms with E-state index in [4.69, 9.17) is 13.9 Å². The summed E-state index contributed by atoms with van der Waals surface area (Å²) in [5.74, 6) is 0.900. The second kappa shape index (κ2) is 6.55. The predicted molar refractivity (Wildman–Crippen MR) is 73.9 cm³/mol. The third-order valence-corrected chi connectivity index (χ3v) is 3.16. The predicted octanol–water partition coefficient (Wildman–Crippen LogP) is 2.86. The second-order valence-electron chi connectivity index (χ2n) is 6.15. The summed E-state index contributed by atoms with van der Waals surface area (Å²) >= 11 is 0. The van der Waals surface area contributed by atoms with Crippen LogP contribution < -0.4 is 5.32 Å². The molecule has 1 fully saturated rings. The molecule has 0 aromatic carbocycles. The zero-order valence-corrected chi connectivity index (χ0v) is 12.2. The minimum absolute atomic E-state index is 0.121. The van der Waals surface area contributed by atoms with Crippen molar-refractivity contribution in [1.29, 1.82) is 0 Å². The van der Waals surface area contributed by atoms with Gasteiger partial charge in [-0.1, -0.05) is 0 Å². The van der Waals surface area contributed by atoms with E-state index in [1.807, 2.05) is 0 Å². The lowest BCUT2D eigenvalue weighted by molar-refractivity contribution is -0.0433. The van der Waals surface area contributed by atoms with E-state index in [0.29, 0.717) is 12.7 Å². The summed E-state index contributed by atoms with van der Waals surface area (Å²) in [5, 5.41) is 3.44. The van der Waals surface area contributed by atoms with E-state index in [1.54, 1.807) is 6.26 Å². The molecule has 19 heavy (non-hydrogen) atoms. The van der Waals surface area contributed by atoms with E-state index in [9.17, 15) is 0 Å². The third kappa shape index (κ3) is 5.35. The molecule has 0 saturated carbocycles. The molecule has 0 bridgehead atoms. The van der Waals surface area contributed by atoms with Crippen LogP contribution in [0.25, 0.3) is 0 Å². The second-order valence-corrected chi connectivity index (χ2v) is 6.15. The molecule has 2 rings (SSSR count). The van der Waals surface area contributed by atoms with Crippen LogP contribution in [0.3, 0.4) is 0 Å². The number of hydrogen-bond acceptors (Lipinski definition) is 4. The first-order chi connectivity index (χ1) is 9.03. The number of ether oxygens (including phenoxy) is 2. The maximum Gasteiger partial charge on any atom is 0.129 e. The first-order valence-electron chi connectivity index (χ1n) is 7.03. The Balaban J connectivity index is 1.74. The quantitative estimate of drug-likeness (QED) is 0.891. The first-order valence-corrected chi connectivity index (χ1v) is 7.03. The average molecular weight is 267 g/mol. The van der Waals surface area contributed by atoms with E-state index >= 15 is 0 Å². The van der Waals surface area contributed by atoms with Gasteiger partial charge in [0.25, 0.3) is 0 Å². The summed E-state index contributed by atoms with van der Waals surface area (Å²) in [6.45, 7) is 9.46. The van der Waals surface area contributed by atoms with Gasteiger partial charge in [0.05, 0.1) is 12.4 Å². The van der Waals surface area contributed by atoms with Crippen molar-refractivity contribution in [3.8, 4) is 0 Å². The Hall–Kier alpha value is -0.840. The Kier molecular flexibility index (Phi) is 5.02. The van der Waals surface area contributed by atoms with Gasteiger partial charge in [-0.05, 0) is 39.7 Å². The number of nitrogens with one attached hydrogen (secondary N) is 1. The van der Waals surface area contributed by atoms with Gasteiger partial charge in [-0.3, -0.25) is 0 Å². The Bertz CT molecular complexity index is 375. The molecule has 1 aromatic rings. The van der Waals surface area contributed by atoms with Crippen LogP contribution in [0.2, 0.25) is 0 Å². The van der Waals surface area contributed by atoms with Crippen LogP contribution in [0.1, 0.15) is 44.9 Å². The summed E-state index contributed by atoms with van der Waals surface area (Å²) in [5.41, 5.74) is 1.29. The molecule has 108 valence electrons. The monoisotopic (exact) mass is 267 g/mol. The van der Waals surface area contributed by atoms with Crippen molar-refractivity contribution in [1.82, 2.24) is 5.32 Å². The van der Waals surface area contributed by atoms with Crippen LogP contribution in [0.4, 0.5) is 0 Å². The van der Waals surface area contributed by atoms with Gasteiger partial charge in [-0.25, -0.2) is 0 Å². The standard InChI is InChI=1S/C15H25NO3/c1-15(2,3)16-9-12-8-14(18-10-12)11-19-13-4-6-17-7-5-13/h8,10,13,16H,4-7,9,11H2,1-3H3.